The van der Waals surface area contributed by atoms with Gasteiger partial charge in [-0.15, -0.1) is 0 Å². The highest BCUT2D eigenvalue weighted by Crippen LogP contribution is 2.29. The Morgan fingerprint density at radius 1 is 1.19 bits per heavy atom. The second kappa shape index (κ2) is 8.71. The van der Waals surface area contributed by atoms with Crippen LogP contribution in [0.4, 0.5) is 0 Å². The highest BCUT2D eigenvalue weighted by Gasteiger charge is 2.20. The van der Waals surface area contributed by atoms with Gasteiger partial charge >= 0.3 is 5.97 Å². The van der Waals surface area contributed by atoms with E-state index in [1.54, 1.807) is 49.4 Å². The maximum Gasteiger partial charge on any atom is 0.339 e. The van der Waals surface area contributed by atoms with Gasteiger partial charge in [-0.3, -0.25) is 4.79 Å². The molecular formula is C20H21NO5. The van der Waals surface area contributed by atoms with Crippen molar-refractivity contribution in [1.82, 2.24) is 0 Å². The first-order chi connectivity index (χ1) is 12.4. The van der Waals surface area contributed by atoms with Crippen molar-refractivity contribution in [2.45, 2.75) is 20.0 Å². The van der Waals surface area contributed by atoms with Crippen LogP contribution in [-0.4, -0.2) is 29.7 Å². The number of primary amides is 1. The maximum absolute atomic E-state index is 12.6. The summed E-state index contributed by atoms with van der Waals surface area (Å²) in [6.45, 7) is 3.61. The van der Waals surface area contributed by atoms with Gasteiger partial charge in [0.1, 0.15) is 0 Å². The molecular weight excluding hydrogens is 334 g/mol. The van der Waals surface area contributed by atoms with E-state index in [1.807, 2.05) is 6.07 Å². The fourth-order valence-electron chi connectivity index (χ4n) is 2.22. The summed E-state index contributed by atoms with van der Waals surface area (Å²) in [6, 6.07) is 13.7. The molecule has 0 saturated heterocycles. The molecule has 2 rings (SSSR count). The Morgan fingerprint density at radius 3 is 2.50 bits per heavy atom. The van der Waals surface area contributed by atoms with Crippen molar-refractivity contribution in [2.24, 2.45) is 5.73 Å². The lowest BCUT2D eigenvalue weighted by molar-refractivity contribution is -0.147. The molecule has 0 aliphatic carbocycles. The van der Waals surface area contributed by atoms with Gasteiger partial charge in [0.15, 0.2) is 17.6 Å². The summed E-state index contributed by atoms with van der Waals surface area (Å²) >= 11 is 0. The number of nitrogens with two attached hydrogens (primary N) is 1. The third kappa shape index (κ3) is 4.86. The first-order valence-electron chi connectivity index (χ1n) is 8.15. The Morgan fingerprint density at radius 2 is 1.88 bits per heavy atom. The summed E-state index contributed by atoms with van der Waals surface area (Å²) < 4.78 is 10.5. The van der Waals surface area contributed by atoms with Crippen LogP contribution in [0.15, 0.2) is 48.5 Å². The molecule has 0 radical (unpaired) electrons. The summed E-state index contributed by atoms with van der Waals surface area (Å²) in [5.41, 5.74) is 6.68. The first-order valence-corrected chi connectivity index (χ1v) is 8.15. The van der Waals surface area contributed by atoms with Crippen LogP contribution in [0.2, 0.25) is 0 Å². The van der Waals surface area contributed by atoms with Gasteiger partial charge in [0.2, 0.25) is 0 Å². The predicted octanol–water partition coefficient (Wildman–Crippen LogP) is 2.75. The van der Waals surface area contributed by atoms with Crippen molar-refractivity contribution >= 4 is 23.5 Å². The molecule has 1 amide bonds. The molecule has 6 heteroatoms. The molecule has 6 nitrogen and oxygen atoms in total. The predicted molar refractivity (Wildman–Crippen MR) is 98.3 cm³/mol. The third-order valence-corrected chi connectivity index (χ3v) is 3.58. The van der Waals surface area contributed by atoms with E-state index in [2.05, 4.69) is 0 Å². The zero-order valence-electron chi connectivity index (χ0n) is 14.6. The van der Waals surface area contributed by atoms with Crippen molar-refractivity contribution in [2.75, 3.05) is 6.61 Å². The Balaban J connectivity index is 2.44. The number of rotatable bonds is 7. The first kappa shape index (κ1) is 19.1. The average molecular weight is 355 g/mol. The van der Waals surface area contributed by atoms with Crippen molar-refractivity contribution < 1.29 is 24.2 Å². The smallest absolute Gasteiger partial charge is 0.339 e. The number of phenols is 1. The summed E-state index contributed by atoms with van der Waals surface area (Å²) in [7, 11) is 0. The van der Waals surface area contributed by atoms with E-state index in [-0.39, 0.29) is 11.3 Å². The molecule has 136 valence electrons. The minimum atomic E-state index is -1.05. The van der Waals surface area contributed by atoms with E-state index >= 15 is 0 Å². The second-order valence-electron chi connectivity index (χ2n) is 5.53. The Hall–Kier alpha value is -3.28. The zero-order chi connectivity index (χ0) is 19.1. The summed E-state index contributed by atoms with van der Waals surface area (Å²) in [5, 5.41) is 9.82. The molecule has 0 bridgehead atoms. The lowest BCUT2D eigenvalue weighted by Gasteiger charge is -2.13. The van der Waals surface area contributed by atoms with Crippen LogP contribution in [0.5, 0.6) is 11.5 Å². The molecule has 0 fully saturated rings. The number of aromatic hydroxyl groups is 1. The number of hydrogen-bond donors (Lipinski definition) is 2. The topological polar surface area (TPSA) is 98.9 Å². The van der Waals surface area contributed by atoms with E-state index in [0.29, 0.717) is 23.5 Å². The number of amides is 1. The van der Waals surface area contributed by atoms with E-state index < -0.39 is 18.0 Å². The van der Waals surface area contributed by atoms with Gasteiger partial charge in [0, 0.05) is 0 Å². The molecule has 0 spiro atoms. The number of esters is 1. The van der Waals surface area contributed by atoms with Crippen molar-refractivity contribution in [1.29, 1.82) is 0 Å². The van der Waals surface area contributed by atoms with Crippen LogP contribution in [-0.2, 0) is 14.3 Å². The normalized spacial score (nSPS) is 12.3. The van der Waals surface area contributed by atoms with Crippen molar-refractivity contribution in [3.05, 3.63) is 59.7 Å². The summed E-state index contributed by atoms with van der Waals surface area (Å²) in [5.74, 6) is -1.08. The van der Waals surface area contributed by atoms with Crippen LogP contribution in [0.25, 0.3) is 11.6 Å². The summed E-state index contributed by atoms with van der Waals surface area (Å²) in [4.78, 5) is 23.7. The summed E-state index contributed by atoms with van der Waals surface area (Å²) in [6.07, 6.45) is 0.557. The number of hydrogen-bond acceptors (Lipinski definition) is 5. The number of benzene rings is 2. The highest BCUT2D eigenvalue weighted by molar-refractivity contribution is 6.22. The van der Waals surface area contributed by atoms with Crippen LogP contribution >= 0.6 is 0 Å². The Bertz CT molecular complexity index is 814. The highest BCUT2D eigenvalue weighted by atomic mass is 16.5. The molecule has 0 aliphatic heterocycles. The van der Waals surface area contributed by atoms with E-state index in [9.17, 15) is 14.7 Å². The number of carbonyl (C=O) groups is 2. The second-order valence-corrected chi connectivity index (χ2v) is 5.53. The minimum Gasteiger partial charge on any atom is -0.504 e. The monoisotopic (exact) mass is 355 g/mol. The lowest BCUT2D eigenvalue weighted by atomic mass is 10.0. The molecule has 2 aromatic rings. The fourth-order valence-corrected chi connectivity index (χ4v) is 2.22. The zero-order valence-corrected chi connectivity index (χ0v) is 14.6. The molecule has 0 saturated carbocycles. The van der Waals surface area contributed by atoms with E-state index in [0.717, 1.165) is 0 Å². The SMILES string of the molecule is CCOc1cc(/C=C(/C(=O)O[C@H](C)C(N)=O)c2ccccc2)ccc1O. The Labute approximate surface area is 151 Å². The lowest BCUT2D eigenvalue weighted by Crippen LogP contribution is -2.30. The van der Waals surface area contributed by atoms with Gasteiger partial charge in [-0.25, -0.2) is 4.79 Å². The quantitative estimate of drug-likeness (QED) is 0.452. The standard InChI is InChI=1S/C20H21NO5/c1-3-25-18-12-14(9-10-17(18)22)11-16(15-7-5-4-6-8-15)20(24)26-13(2)19(21)23/h4-13,22H,3H2,1-2H3,(H2,21,23)/b16-11+/t13-/m1/s1. The number of carbonyl (C=O) groups excluding carboxylic acids is 2. The average Bonchev–Trinajstić information content (AvgIpc) is 2.63. The van der Waals surface area contributed by atoms with Gasteiger partial charge in [-0.05, 0) is 43.2 Å². The van der Waals surface area contributed by atoms with Crippen LogP contribution in [0.1, 0.15) is 25.0 Å². The largest absolute Gasteiger partial charge is 0.504 e. The van der Waals surface area contributed by atoms with Crippen LogP contribution in [0.3, 0.4) is 0 Å². The van der Waals surface area contributed by atoms with Gasteiger partial charge in [0.05, 0.1) is 12.2 Å². The maximum atomic E-state index is 12.6. The molecule has 1 atom stereocenters. The van der Waals surface area contributed by atoms with Crippen molar-refractivity contribution in [3.63, 3.8) is 0 Å². The molecule has 3 N–H and O–H groups in total. The van der Waals surface area contributed by atoms with Gasteiger partial charge < -0.3 is 20.3 Å². The molecule has 0 aromatic heterocycles. The van der Waals surface area contributed by atoms with Crippen LogP contribution in [0, 0.1) is 0 Å². The minimum absolute atomic E-state index is 0.00943. The third-order valence-electron chi connectivity index (χ3n) is 3.58. The molecule has 2 aromatic carbocycles. The molecule has 0 aliphatic rings. The molecule has 0 heterocycles. The van der Waals surface area contributed by atoms with Crippen molar-refractivity contribution in [3.8, 4) is 11.5 Å². The van der Waals surface area contributed by atoms with Gasteiger partial charge in [-0.2, -0.15) is 0 Å². The van der Waals surface area contributed by atoms with E-state index in [1.165, 1.54) is 13.0 Å². The van der Waals surface area contributed by atoms with Crippen LogP contribution < -0.4 is 10.5 Å². The number of ether oxygens (including phenoxy) is 2. The molecule has 0 unspecified atom stereocenters. The van der Waals surface area contributed by atoms with Gasteiger partial charge in [-0.1, -0.05) is 36.4 Å². The fraction of sp³-hybridized carbons (Fsp3) is 0.200. The van der Waals surface area contributed by atoms with Gasteiger partial charge in [0.25, 0.3) is 5.91 Å². The van der Waals surface area contributed by atoms with E-state index in [4.69, 9.17) is 15.2 Å². The number of phenolic OH excluding ortho intramolecular Hbond substituents is 1. The molecule has 26 heavy (non-hydrogen) atoms. The Kier molecular flexibility index (Phi) is 6.38.